The fraction of sp³-hybridized carbons (Fsp3) is 0.333. The van der Waals surface area contributed by atoms with E-state index in [1.54, 1.807) is 31.3 Å². The Labute approximate surface area is 154 Å². The predicted molar refractivity (Wildman–Crippen MR) is 99.3 cm³/mol. The molecule has 7 nitrogen and oxygen atoms in total. The summed E-state index contributed by atoms with van der Waals surface area (Å²) >= 11 is 1.23. The molecule has 2 aromatic rings. The molecule has 8 heteroatoms. The molecule has 1 aliphatic rings. The van der Waals surface area contributed by atoms with E-state index in [4.69, 9.17) is 0 Å². The van der Waals surface area contributed by atoms with Crippen LogP contribution in [0.15, 0.2) is 36.4 Å². The van der Waals surface area contributed by atoms with Crippen LogP contribution in [0.25, 0.3) is 0 Å². The summed E-state index contributed by atoms with van der Waals surface area (Å²) in [6.45, 7) is 1.82. The zero-order valence-electron chi connectivity index (χ0n) is 14.5. The summed E-state index contributed by atoms with van der Waals surface area (Å²) in [5.74, 6) is -0.0853. The molecule has 1 aromatic heterocycles. The van der Waals surface area contributed by atoms with Gasteiger partial charge in [-0.05, 0) is 37.5 Å². The van der Waals surface area contributed by atoms with Crippen molar-refractivity contribution in [2.45, 2.75) is 25.8 Å². The van der Waals surface area contributed by atoms with E-state index in [0.29, 0.717) is 15.4 Å². The minimum atomic E-state index is -0.452. The molecule has 0 unspecified atom stereocenters. The number of carbonyl (C=O) groups excluding carboxylic acids is 2. The maximum Gasteiger partial charge on any atom is 0.269 e. The molecule has 136 valence electrons. The van der Waals surface area contributed by atoms with Gasteiger partial charge in [-0.25, -0.2) is 0 Å². The molecule has 0 radical (unpaired) electrons. The average molecular weight is 373 g/mol. The molecule has 0 spiro atoms. The quantitative estimate of drug-likeness (QED) is 0.615. The van der Waals surface area contributed by atoms with Crippen LogP contribution in [0.4, 0.5) is 10.7 Å². The van der Waals surface area contributed by atoms with E-state index in [0.717, 1.165) is 12.8 Å². The third-order valence-electron chi connectivity index (χ3n) is 4.48. The number of amides is 2. The van der Waals surface area contributed by atoms with Gasteiger partial charge in [0.2, 0.25) is 5.91 Å². The van der Waals surface area contributed by atoms with Crippen molar-refractivity contribution in [3.05, 3.63) is 57.0 Å². The van der Waals surface area contributed by atoms with E-state index in [1.807, 2.05) is 6.92 Å². The van der Waals surface area contributed by atoms with Crippen molar-refractivity contribution >= 4 is 33.8 Å². The Bertz CT molecular complexity index is 860. The summed E-state index contributed by atoms with van der Waals surface area (Å²) in [7, 11) is 1.66. The van der Waals surface area contributed by atoms with Gasteiger partial charge in [0.1, 0.15) is 0 Å². The second kappa shape index (κ2) is 7.25. The first-order chi connectivity index (χ1) is 12.4. The van der Waals surface area contributed by atoms with E-state index < -0.39 is 4.92 Å². The van der Waals surface area contributed by atoms with E-state index >= 15 is 0 Å². The van der Waals surface area contributed by atoms with Gasteiger partial charge in [-0.3, -0.25) is 19.7 Å². The van der Waals surface area contributed by atoms with Gasteiger partial charge < -0.3 is 10.2 Å². The van der Waals surface area contributed by atoms with E-state index in [2.05, 4.69) is 5.32 Å². The summed E-state index contributed by atoms with van der Waals surface area (Å²) < 4.78 is 0. The van der Waals surface area contributed by atoms with Crippen molar-refractivity contribution in [3.8, 4) is 0 Å². The Morgan fingerprint density at radius 2 is 2.04 bits per heavy atom. The molecule has 2 amide bonds. The molecule has 1 heterocycles. The highest BCUT2D eigenvalue weighted by atomic mass is 32.1. The number of hydrogen-bond donors (Lipinski definition) is 1. The van der Waals surface area contributed by atoms with Gasteiger partial charge in [0, 0.05) is 25.1 Å². The van der Waals surface area contributed by atoms with Gasteiger partial charge in [0.25, 0.3) is 11.6 Å². The molecule has 1 N–H and O–H groups in total. The molecule has 1 aromatic carbocycles. The van der Waals surface area contributed by atoms with Crippen LogP contribution < -0.4 is 5.32 Å². The molecule has 1 aliphatic carbocycles. The maximum atomic E-state index is 12.7. The maximum absolute atomic E-state index is 12.7. The molecular weight excluding hydrogens is 354 g/mol. The van der Waals surface area contributed by atoms with Crippen molar-refractivity contribution in [3.63, 3.8) is 0 Å². The summed E-state index contributed by atoms with van der Waals surface area (Å²) in [6, 6.07) is 9.36. The molecule has 1 fully saturated rings. The second-order valence-electron chi connectivity index (χ2n) is 6.37. The molecule has 0 saturated heterocycles. The molecule has 26 heavy (non-hydrogen) atoms. The third kappa shape index (κ3) is 3.91. The second-order valence-corrected chi connectivity index (χ2v) is 7.46. The van der Waals surface area contributed by atoms with Crippen molar-refractivity contribution in [1.29, 1.82) is 0 Å². The van der Waals surface area contributed by atoms with Crippen LogP contribution in [0.5, 0.6) is 0 Å². The molecule has 3 rings (SSSR count). The van der Waals surface area contributed by atoms with E-state index in [1.165, 1.54) is 28.4 Å². The number of rotatable bonds is 6. The van der Waals surface area contributed by atoms with Crippen LogP contribution in [0.2, 0.25) is 0 Å². The fourth-order valence-electron chi connectivity index (χ4n) is 2.56. The first kappa shape index (κ1) is 18.1. The highest BCUT2D eigenvalue weighted by Crippen LogP contribution is 2.32. The summed E-state index contributed by atoms with van der Waals surface area (Å²) in [5.41, 5.74) is 0.685. The lowest BCUT2D eigenvalue weighted by atomic mass is 10.1. The number of nitrogens with one attached hydrogen (secondary N) is 1. The Balaban J connectivity index is 1.70. The topological polar surface area (TPSA) is 92.6 Å². The van der Waals surface area contributed by atoms with Gasteiger partial charge in [0.05, 0.1) is 20.8 Å². The lowest BCUT2D eigenvalue weighted by Crippen LogP contribution is -2.29. The van der Waals surface area contributed by atoms with Crippen LogP contribution in [0.1, 0.15) is 41.0 Å². The zero-order chi connectivity index (χ0) is 18.8. The minimum Gasteiger partial charge on any atom is -0.334 e. The van der Waals surface area contributed by atoms with Gasteiger partial charge in [0.15, 0.2) is 0 Å². The lowest BCUT2D eigenvalue weighted by Gasteiger charge is -2.24. The monoisotopic (exact) mass is 373 g/mol. The van der Waals surface area contributed by atoms with E-state index in [-0.39, 0.29) is 29.5 Å². The summed E-state index contributed by atoms with van der Waals surface area (Å²) in [6.07, 6.45) is 1.85. The average Bonchev–Trinajstić information content (AvgIpc) is 3.40. The van der Waals surface area contributed by atoms with Gasteiger partial charge in [-0.1, -0.05) is 12.1 Å². The van der Waals surface area contributed by atoms with Crippen molar-refractivity contribution in [2.75, 3.05) is 12.4 Å². The predicted octanol–water partition coefficient (Wildman–Crippen LogP) is 3.84. The number of nitro groups is 1. The number of thiophene rings is 1. The molecule has 0 aliphatic heterocycles. The first-order valence-electron chi connectivity index (χ1n) is 8.29. The normalized spacial score (nSPS) is 14.5. The number of anilines is 1. The lowest BCUT2D eigenvalue weighted by molar-refractivity contribution is -0.384. The molecule has 1 saturated carbocycles. The summed E-state index contributed by atoms with van der Waals surface area (Å²) in [4.78, 5) is 37.1. The Kier molecular flexibility index (Phi) is 5.03. The van der Waals surface area contributed by atoms with Crippen LogP contribution in [-0.4, -0.2) is 28.7 Å². The number of hydrogen-bond acceptors (Lipinski definition) is 5. The largest absolute Gasteiger partial charge is 0.334 e. The Morgan fingerprint density at radius 3 is 2.69 bits per heavy atom. The number of benzene rings is 1. The van der Waals surface area contributed by atoms with Crippen LogP contribution in [0, 0.1) is 16.0 Å². The molecule has 1 atom stereocenters. The first-order valence-corrected chi connectivity index (χ1v) is 9.10. The number of non-ortho nitro benzene ring substituents is 1. The van der Waals surface area contributed by atoms with E-state index in [9.17, 15) is 19.7 Å². The van der Waals surface area contributed by atoms with Crippen molar-refractivity contribution < 1.29 is 14.5 Å². The fourth-order valence-corrected chi connectivity index (χ4v) is 3.45. The molecule has 0 bridgehead atoms. The minimum absolute atomic E-state index is 0.00334. The summed E-state index contributed by atoms with van der Waals surface area (Å²) in [5, 5.41) is 14.4. The third-order valence-corrected chi connectivity index (χ3v) is 5.46. The standard InChI is InChI=1S/C18H19N3O4S/c1-11(13-4-3-5-14(10-13)21(24)25)20(2)18(23)15-8-9-16(26-15)19-17(22)12-6-7-12/h3-5,8-12H,6-7H2,1-2H3,(H,19,22)/t11-/m1/s1. The Morgan fingerprint density at radius 1 is 1.31 bits per heavy atom. The number of nitrogens with zero attached hydrogens (tertiary/aromatic N) is 2. The van der Waals surface area contributed by atoms with Gasteiger partial charge >= 0.3 is 0 Å². The van der Waals surface area contributed by atoms with Crippen LogP contribution >= 0.6 is 11.3 Å². The van der Waals surface area contributed by atoms with Crippen molar-refractivity contribution in [2.24, 2.45) is 5.92 Å². The number of carbonyl (C=O) groups is 2. The van der Waals surface area contributed by atoms with Crippen molar-refractivity contribution in [1.82, 2.24) is 4.90 Å². The highest BCUT2D eigenvalue weighted by molar-refractivity contribution is 7.18. The van der Waals surface area contributed by atoms with Gasteiger partial charge in [-0.15, -0.1) is 11.3 Å². The smallest absolute Gasteiger partial charge is 0.269 e. The highest BCUT2D eigenvalue weighted by Gasteiger charge is 2.30. The Hall–Kier alpha value is -2.74. The van der Waals surface area contributed by atoms with Crippen LogP contribution in [-0.2, 0) is 4.79 Å². The SMILES string of the molecule is C[C@H](c1cccc([N+](=O)[O-])c1)N(C)C(=O)c1ccc(NC(=O)C2CC2)s1. The zero-order valence-corrected chi connectivity index (χ0v) is 15.3. The number of nitro benzene ring substituents is 1. The van der Waals surface area contributed by atoms with Crippen LogP contribution in [0.3, 0.4) is 0 Å². The molecular formula is C18H19N3O4S. The van der Waals surface area contributed by atoms with Gasteiger partial charge in [-0.2, -0.15) is 0 Å².